The van der Waals surface area contributed by atoms with Crippen LogP contribution >= 0.6 is 11.6 Å². The van der Waals surface area contributed by atoms with Crippen molar-refractivity contribution < 1.29 is 9.53 Å². The minimum atomic E-state index is -0.857. The Morgan fingerprint density at radius 1 is 1.17 bits per heavy atom. The fourth-order valence-corrected chi connectivity index (χ4v) is 3.40. The number of halogens is 1. The zero-order chi connectivity index (χ0) is 22.0. The normalized spacial score (nSPS) is 13.1. The van der Waals surface area contributed by atoms with E-state index in [2.05, 4.69) is 5.32 Å². The Morgan fingerprint density at radius 3 is 2.57 bits per heavy atom. The van der Waals surface area contributed by atoms with Crippen LogP contribution in [-0.2, 0) is 4.79 Å². The predicted molar refractivity (Wildman–Crippen MR) is 118 cm³/mol. The lowest BCUT2D eigenvalue weighted by molar-refractivity contribution is -0.124. The molecule has 0 fully saturated rings. The molecular formula is C22H24ClN3O4. The highest BCUT2D eigenvalue weighted by atomic mass is 35.5. The smallest absolute Gasteiger partial charge is 0.336 e. The lowest BCUT2D eigenvalue weighted by atomic mass is 10.2. The fourth-order valence-electron chi connectivity index (χ4n) is 3.24. The molecule has 1 aromatic heterocycles. The van der Waals surface area contributed by atoms with E-state index < -0.39 is 17.3 Å². The second kappa shape index (κ2) is 8.75. The van der Waals surface area contributed by atoms with Crippen molar-refractivity contribution in [3.63, 3.8) is 0 Å². The van der Waals surface area contributed by atoms with Gasteiger partial charge in [0, 0.05) is 17.1 Å². The van der Waals surface area contributed by atoms with Crippen molar-refractivity contribution in [1.82, 2.24) is 14.5 Å². The molecule has 2 unspecified atom stereocenters. The molecule has 0 radical (unpaired) electrons. The third-order valence-electron chi connectivity index (χ3n) is 5.13. The van der Waals surface area contributed by atoms with Crippen LogP contribution in [0.1, 0.15) is 33.2 Å². The summed E-state index contributed by atoms with van der Waals surface area (Å²) < 4.78 is 7.58. The van der Waals surface area contributed by atoms with Crippen molar-refractivity contribution in [2.24, 2.45) is 0 Å². The van der Waals surface area contributed by atoms with Crippen molar-refractivity contribution in [3.05, 3.63) is 68.3 Å². The monoisotopic (exact) mass is 429 g/mol. The SMILES string of the molecule is CCC(C)NC(=O)C(C)n1c(=O)n(-c2cccc(OC)c2)c(=O)c2ccc(Cl)cc21. The van der Waals surface area contributed by atoms with Gasteiger partial charge >= 0.3 is 5.69 Å². The molecule has 0 saturated heterocycles. The summed E-state index contributed by atoms with van der Waals surface area (Å²) in [6.45, 7) is 5.47. The van der Waals surface area contributed by atoms with Gasteiger partial charge in [-0.05, 0) is 50.6 Å². The maximum atomic E-state index is 13.5. The summed E-state index contributed by atoms with van der Waals surface area (Å²) in [6, 6.07) is 10.4. The second-order valence-electron chi connectivity index (χ2n) is 7.15. The van der Waals surface area contributed by atoms with E-state index in [1.807, 2.05) is 13.8 Å². The number of carbonyl (C=O) groups is 1. The molecule has 158 valence electrons. The Balaban J connectivity index is 2.32. The number of aromatic nitrogens is 2. The number of rotatable bonds is 6. The van der Waals surface area contributed by atoms with Gasteiger partial charge in [-0.1, -0.05) is 24.6 Å². The van der Waals surface area contributed by atoms with Gasteiger partial charge in [-0.25, -0.2) is 9.36 Å². The predicted octanol–water partition coefficient (Wildman–Crippen LogP) is 3.29. The van der Waals surface area contributed by atoms with Gasteiger partial charge in [0.25, 0.3) is 5.56 Å². The number of nitrogens with one attached hydrogen (secondary N) is 1. The zero-order valence-electron chi connectivity index (χ0n) is 17.3. The van der Waals surface area contributed by atoms with Crippen LogP contribution in [0.4, 0.5) is 0 Å². The number of hydrogen-bond acceptors (Lipinski definition) is 4. The Hall–Kier alpha value is -3.06. The molecule has 3 aromatic rings. The largest absolute Gasteiger partial charge is 0.497 e. The zero-order valence-corrected chi connectivity index (χ0v) is 18.1. The Labute approximate surface area is 178 Å². The van der Waals surface area contributed by atoms with E-state index in [4.69, 9.17) is 16.3 Å². The van der Waals surface area contributed by atoms with Crippen molar-refractivity contribution in [2.45, 2.75) is 39.3 Å². The minimum Gasteiger partial charge on any atom is -0.497 e. The molecule has 3 rings (SSSR count). The average Bonchev–Trinajstić information content (AvgIpc) is 2.73. The molecule has 0 aliphatic carbocycles. The third-order valence-corrected chi connectivity index (χ3v) is 5.36. The second-order valence-corrected chi connectivity index (χ2v) is 7.59. The summed E-state index contributed by atoms with van der Waals surface area (Å²) in [7, 11) is 1.50. The summed E-state index contributed by atoms with van der Waals surface area (Å²) in [5, 5.41) is 3.53. The molecule has 0 bridgehead atoms. The molecule has 0 spiro atoms. The summed E-state index contributed by atoms with van der Waals surface area (Å²) in [5.41, 5.74) is -0.464. The lowest BCUT2D eigenvalue weighted by Gasteiger charge is -2.21. The van der Waals surface area contributed by atoms with Gasteiger partial charge < -0.3 is 10.1 Å². The number of amides is 1. The van der Waals surface area contributed by atoms with Gasteiger partial charge in [0.2, 0.25) is 5.91 Å². The summed E-state index contributed by atoms with van der Waals surface area (Å²) in [4.78, 5) is 39.5. The van der Waals surface area contributed by atoms with Gasteiger partial charge in [0.05, 0.1) is 23.7 Å². The third kappa shape index (κ3) is 3.98. The summed E-state index contributed by atoms with van der Waals surface area (Å²) in [5.74, 6) is 0.188. The fraction of sp³-hybridized carbons (Fsp3) is 0.318. The highest BCUT2D eigenvalue weighted by molar-refractivity contribution is 6.31. The van der Waals surface area contributed by atoms with E-state index in [1.165, 1.54) is 17.7 Å². The van der Waals surface area contributed by atoms with Crippen LogP contribution in [-0.4, -0.2) is 28.2 Å². The maximum absolute atomic E-state index is 13.5. The molecule has 2 aromatic carbocycles. The van der Waals surface area contributed by atoms with Crippen LogP contribution in [0.15, 0.2) is 52.1 Å². The molecule has 0 aliphatic rings. The molecule has 30 heavy (non-hydrogen) atoms. The van der Waals surface area contributed by atoms with Crippen LogP contribution in [0.5, 0.6) is 5.75 Å². The standard InChI is InChI=1S/C22H24ClN3O4/c1-5-13(2)24-20(27)14(3)25-19-11-15(23)9-10-18(19)21(28)26(22(25)29)16-7-6-8-17(12-16)30-4/h6-14H,5H2,1-4H3,(H,24,27). The first-order valence-corrected chi connectivity index (χ1v) is 10.1. The first-order chi connectivity index (χ1) is 14.3. The topological polar surface area (TPSA) is 82.3 Å². The van der Waals surface area contributed by atoms with E-state index in [0.29, 0.717) is 22.0 Å². The lowest BCUT2D eigenvalue weighted by Crippen LogP contribution is -2.45. The maximum Gasteiger partial charge on any atom is 0.336 e. The number of methoxy groups -OCH3 is 1. The first-order valence-electron chi connectivity index (χ1n) is 9.70. The molecule has 1 N–H and O–H groups in total. The van der Waals surface area contributed by atoms with E-state index in [1.54, 1.807) is 43.3 Å². The molecule has 7 nitrogen and oxygen atoms in total. The average molecular weight is 430 g/mol. The number of nitrogens with zero attached hydrogens (tertiary/aromatic N) is 2. The van der Waals surface area contributed by atoms with Crippen molar-refractivity contribution in [2.75, 3.05) is 7.11 Å². The van der Waals surface area contributed by atoms with Crippen molar-refractivity contribution >= 4 is 28.4 Å². The number of fused-ring (bicyclic) bond motifs is 1. The van der Waals surface area contributed by atoms with Crippen LogP contribution in [0.2, 0.25) is 5.02 Å². The quantitative estimate of drug-likeness (QED) is 0.651. The van der Waals surface area contributed by atoms with Gasteiger partial charge in [-0.2, -0.15) is 0 Å². The van der Waals surface area contributed by atoms with Gasteiger partial charge in [0.1, 0.15) is 11.8 Å². The summed E-state index contributed by atoms with van der Waals surface area (Å²) in [6.07, 6.45) is 0.753. The van der Waals surface area contributed by atoms with Crippen LogP contribution in [0.3, 0.4) is 0 Å². The van der Waals surface area contributed by atoms with E-state index in [0.717, 1.165) is 11.0 Å². The van der Waals surface area contributed by atoms with Crippen LogP contribution in [0, 0.1) is 0 Å². The first kappa shape index (κ1) is 21.6. The molecule has 8 heteroatoms. The van der Waals surface area contributed by atoms with Gasteiger partial charge in [-0.3, -0.25) is 14.2 Å². The Morgan fingerprint density at radius 2 is 1.90 bits per heavy atom. The number of carbonyl (C=O) groups excluding carboxylic acids is 1. The van der Waals surface area contributed by atoms with E-state index in [-0.39, 0.29) is 17.3 Å². The highest BCUT2D eigenvalue weighted by Gasteiger charge is 2.23. The molecule has 1 heterocycles. The Bertz CT molecular complexity index is 1220. The van der Waals surface area contributed by atoms with Crippen molar-refractivity contribution in [3.8, 4) is 11.4 Å². The molecular weight excluding hydrogens is 406 g/mol. The summed E-state index contributed by atoms with van der Waals surface area (Å²) >= 11 is 6.14. The Kier molecular flexibility index (Phi) is 6.31. The number of ether oxygens (including phenoxy) is 1. The minimum absolute atomic E-state index is 0.0465. The van der Waals surface area contributed by atoms with E-state index >= 15 is 0 Å². The van der Waals surface area contributed by atoms with Crippen LogP contribution < -0.4 is 21.3 Å². The molecule has 0 saturated carbocycles. The molecule has 0 aliphatic heterocycles. The molecule has 2 atom stereocenters. The molecule has 1 amide bonds. The van der Waals surface area contributed by atoms with Crippen molar-refractivity contribution in [1.29, 1.82) is 0 Å². The van der Waals surface area contributed by atoms with Crippen LogP contribution in [0.25, 0.3) is 16.6 Å². The number of benzene rings is 2. The van der Waals surface area contributed by atoms with Gasteiger partial charge in [0.15, 0.2) is 0 Å². The highest BCUT2D eigenvalue weighted by Crippen LogP contribution is 2.20. The number of hydrogen-bond donors (Lipinski definition) is 1. The van der Waals surface area contributed by atoms with Gasteiger partial charge in [-0.15, -0.1) is 0 Å². The van der Waals surface area contributed by atoms with E-state index in [9.17, 15) is 14.4 Å².